The Balaban J connectivity index is 3.23. The van der Waals surface area contributed by atoms with E-state index in [1.807, 2.05) is 0 Å². The van der Waals surface area contributed by atoms with Crippen molar-refractivity contribution in [2.45, 2.75) is 6.92 Å². The van der Waals surface area contributed by atoms with Crippen LogP contribution in [0.1, 0.15) is 17.3 Å². The fourth-order valence-electron chi connectivity index (χ4n) is 1.35. The lowest BCUT2D eigenvalue weighted by molar-refractivity contribution is -0.150. The molecule has 0 aromatic heterocycles. The molecule has 0 aliphatic rings. The summed E-state index contributed by atoms with van der Waals surface area (Å²) in [5.41, 5.74) is -1.34. The average molecular weight is 285 g/mol. The van der Waals surface area contributed by atoms with Crippen LogP contribution in [0.25, 0.3) is 0 Å². The minimum absolute atomic E-state index is 0.491. The number of rotatable bonds is 5. The summed E-state index contributed by atoms with van der Waals surface area (Å²) in [4.78, 5) is 35.6. The Hall–Kier alpha value is -2.64. The molecule has 0 radical (unpaired) electrons. The molecule has 0 fully saturated rings. The van der Waals surface area contributed by atoms with Crippen LogP contribution < -0.4 is 0 Å². The Morgan fingerprint density at radius 3 is 2.20 bits per heavy atom. The Morgan fingerprint density at radius 2 is 1.75 bits per heavy atom. The van der Waals surface area contributed by atoms with Crippen molar-refractivity contribution < 1.29 is 33.4 Å². The topological polar surface area (TPSA) is 104 Å². The maximum absolute atomic E-state index is 13.8. The van der Waals surface area contributed by atoms with Gasteiger partial charge in [-0.3, -0.25) is 19.4 Å². The Labute approximate surface area is 111 Å². The molecule has 2 N–H and O–H groups in total. The molecule has 1 rings (SSSR count). The minimum Gasteiger partial charge on any atom is -0.480 e. The molecular formula is C12H9F2NO5. The van der Waals surface area contributed by atoms with E-state index in [9.17, 15) is 23.2 Å². The van der Waals surface area contributed by atoms with E-state index in [1.54, 1.807) is 0 Å². The zero-order chi connectivity index (χ0) is 15.4. The van der Waals surface area contributed by atoms with Crippen LogP contribution in [0.3, 0.4) is 0 Å². The van der Waals surface area contributed by atoms with Crippen molar-refractivity contribution >= 4 is 29.6 Å². The van der Waals surface area contributed by atoms with E-state index < -0.39 is 46.5 Å². The van der Waals surface area contributed by atoms with Gasteiger partial charge >= 0.3 is 11.9 Å². The number of hydrogen-bond donors (Lipinski definition) is 2. The Morgan fingerprint density at radius 1 is 1.20 bits per heavy atom. The van der Waals surface area contributed by atoms with E-state index >= 15 is 0 Å². The molecule has 0 atom stereocenters. The van der Waals surface area contributed by atoms with Crippen molar-refractivity contribution in [3.8, 4) is 0 Å². The van der Waals surface area contributed by atoms with Crippen LogP contribution >= 0.6 is 0 Å². The number of halogens is 2. The van der Waals surface area contributed by atoms with E-state index in [2.05, 4.69) is 4.99 Å². The number of benzene rings is 1. The molecule has 0 heterocycles. The summed E-state index contributed by atoms with van der Waals surface area (Å²) in [7, 11) is 0. The number of carbonyl (C=O) groups is 3. The van der Waals surface area contributed by atoms with Gasteiger partial charge in [-0.1, -0.05) is 0 Å². The molecule has 106 valence electrons. The molecule has 0 aliphatic heterocycles. The highest BCUT2D eigenvalue weighted by atomic mass is 19.1. The zero-order valence-corrected chi connectivity index (χ0v) is 10.1. The average Bonchev–Trinajstić information content (AvgIpc) is 2.30. The quantitative estimate of drug-likeness (QED) is 0.486. The summed E-state index contributed by atoms with van der Waals surface area (Å²) in [6.07, 6.45) is 0.491. The van der Waals surface area contributed by atoms with Crippen LogP contribution in [0, 0.1) is 17.6 Å². The van der Waals surface area contributed by atoms with Crippen LogP contribution in [0.2, 0.25) is 0 Å². The SMILES string of the molecule is CC(=O)c1c(F)ccc(N=CC(C(=O)O)C(=O)O)c1F. The molecule has 1 aromatic carbocycles. The minimum atomic E-state index is -1.97. The molecule has 0 aliphatic carbocycles. The lowest BCUT2D eigenvalue weighted by atomic mass is 10.1. The summed E-state index contributed by atoms with van der Waals surface area (Å²) in [5.74, 6) is -8.57. The lowest BCUT2D eigenvalue weighted by Crippen LogP contribution is -2.24. The number of hydrogen-bond acceptors (Lipinski definition) is 4. The molecule has 0 amide bonds. The summed E-state index contributed by atoms with van der Waals surface area (Å²) >= 11 is 0. The van der Waals surface area contributed by atoms with E-state index in [-0.39, 0.29) is 0 Å². The molecule has 0 unspecified atom stereocenters. The first-order valence-electron chi connectivity index (χ1n) is 5.24. The van der Waals surface area contributed by atoms with Crippen LogP contribution in [0.15, 0.2) is 17.1 Å². The van der Waals surface area contributed by atoms with Crippen molar-refractivity contribution in [2.24, 2.45) is 10.9 Å². The van der Waals surface area contributed by atoms with E-state index in [1.165, 1.54) is 0 Å². The largest absolute Gasteiger partial charge is 0.480 e. The van der Waals surface area contributed by atoms with Crippen molar-refractivity contribution in [3.63, 3.8) is 0 Å². The molecule has 0 bridgehead atoms. The van der Waals surface area contributed by atoms with Crippen molar-refractivity contribution in [3.05, 3.63) is 29.3 Å². The van der Waals surface area contributed by atoms with Crippen molar-refractivity contribution in [1.29, 1.82) is 0 Å². The third kappa shape index (κ3) is 3.22. The maximum Gasteiger partial charge on any atom is 0.323 e. The van der Waals surface area contributed by atoms with Gasteiger partial charge in [0.25, 0.3) is 0 Å². The first-order valence-corrected chi connectivity index (χ1v) is 5.24. The second-order valence-electron chi connectivity index (χ2n) is 3.74. The van der Waals surface area contributed by atoms with Crippen molar-refractivity contribution in [1.82, 2.24) is 0 Å². The summed E-state index contributed by atoms with van der Waals surface area (Å²) in [6, 6.07) is 1.65. The molecule has 6 nitrogen and oxygen atoms in total. The molecule has 0 saturated carbocycles. The zero-order valence-electron chi connectivity index (χ0n) is 10.1. The third-order valence-electron chi connectivity index (χ3n) is 2.32. The highest BCUT2D eigenvalue weighted by Gasteiger charge is 2.24. The van der Waals surface area contributed by atoms with Crippen LogP contribution in [-0.4, -0.2) is 34.1 Å². The smallest absolute Gasteiger partial charge is 0.323 e. The second kappa shape index (κ2) is 6.00. The molecule has 1 aromatic rings. The third-order valence-corrected chi connectivity index (χ3v) is 2.32. The first-order chi connectivity index (χ1) is 9.25. The number of carbonyl (C=O) groups excluding carboxylic acids is 1. The van der Waals surface area contributed by atoms with Gasteiger partial charge in [0.2, 0.25) is 0 Å². The summed E-state index contributed by atoms with van der Waals surface area (Å²) < 4.78 is 27.0. The van der Waals surface area contributed by atoms with Gasteiger partial charge in [0.1, 0.15) is 5.82 Å². The molecule has 0 spiro atoms. The van der Waals surface area contributed by atoms with Gasteiger partial charge in [-0.15, -0.1) is 0 Å². The number of aliphatic carboxylic acids is 2. The number of carboxylic acid groups (broad SMARTS) is 2. The maximum atomic E-state index is 13.8. The Kier molecular flexibility index (Phi) is 4.63. The van der Waals surface area contributed by atoms with Gasteiger partial charge in [-0.05, 0) is 19.1 Å². The fraction of sp³-hybridized carbons (Fsp3) is 0.167. The second-order valence-corrected chi connectivity index (χ2v) is 3.74. The van der Waals surface area contributed by atoms with Crippen LogP contribution in [-0.2, 0) is 9.59 Å². The number of aliphatic imine (C=N–C) groups is 1. The molecule has 0 saturated heterocycles. The fourth-order valence-corrected chi connectivity index (χ4v) is 1.35. The van der Waals surface area contributed by atoms with Gasteiger partial charge in [0.05, 0.1) is 11.3 Å². The predicted octanol–water partition coefficient (Wildman–Crippen LogP) is 1.66. The van der Waals surface area contributed by atoms with E-state index in [4.69, 9.17) is 10.2 Å². The van der Waals surface area contributed by atoms with E-state index in [0.717, 1.165) is 19.1 Å². The number of ketones is 1. The van der Waals surface area contributed by atoms with Gasteiger partial charge in [-0.2, -0.15) is 0 Å². The van der Waals surface area contributed by atoms with Gasteiger partial charge < -0.3 is 10.2 Å². The number of carboxylic acids is 2. The normalized spacial score (nSPS) is 11.0. The van der Waals surface area contributed by atoms with Crippen LogP contribution in [0.5, 0.6) is 0 Å². The van der Waals surface area contributed by atoms with Gasteiger partial charge in [0, 0.05) is 6.21 Å². The Bertz CT molecular complexity index is 598. The highest BCUT2D eigenvalue weighted by molar-refractivity contribution is 6.08. The molecular weight excluding hydrogens is 276 g/mol. The first kappa shape index (κ1) is 15.4. The monoisotopic (exact) mass is 285 g/mol. The van der Waals surface area contributed by atoms with Crippen molar-refractivity contribution in [2.75, 3.05) is 0 Å². The highest BCUT2D eigenvalue weighted by Crippen LogP contribution is 2.24. The summed E-state index contributed by atoms with van der Waals surface area (Å²) in [5, 5.41) is 17.2. The molecule has 8 heteroatoms. The number of nitrogens with zero attached hydrogens (tertiary/aromatic N) is 1. The molecule has 20 heavy (non-hydrogen) atoms. The summed E-state index contributed by atoms with van der Waals surface area (Å²) in [6.45, 7) is 0.951. The lowest BCUT2D eigenvalue weighted by Gasteiger charge is -2.04. The van der Waals surface area contributed by atoms with Gasteiger partial charge in [-0.25, -0.2) is 8.78 Å². The van der Waals surface area contributed by atoms with Gasteiger partial charge in [0.15, 0.2) is 17.5 Å². The predicted molar refractivity (Wildman–Crippen MR) is 63.3 cm³/mol. The van der Waals surface area contributed by atoms with E-state index in [0.29, 0.717) is 6.21 Å². The number of Topliss-reactive ketones (excluding diaryl/α,β-unsaturated/α-hetero) is 1. The standard InChI is InChI=1S/C12H9F2NO5/c1-5(16)9-7(13)2-3-8(10(9)14)15-4-6(11(17)18)12(19)20/h2-4,6H,1H3,(H,17,18)(H,19,20). The van der Waals surface area contributed by atoms with Crippen LogP contribution in [0.4, 0.5) is 14.5 Å².